The Hall–Kier alpha value is -1.68. The Labute approximate surface area is 97.5 Å². The molecule has 1 atom stereocenters. The predicted octanol–water partition coefficient (Wildman–Crippen LogP) is 3.12. The fraction of sp³-hybridized carbons (Fsp3) is 0.231. The van der Waals surface area contributed by atoms with Crippen LogP contribution in [0.5, 0.6) is 0 Å². The lowest BCUT2D eigenvalue weighted by Crippen LogP contribution is -2.24. The number of halogens is 2. The van der Waals surface area contributed by atoms with Crippen molar-refractivity contribution < 1.29 is 18.3 Å². The first-order valence-electron chi connectivity index (χ1n) is 5.14. The fourth-order valence-corrected chi connectivity index (χ4v) is 1.72. The molecule has 0 saturated carbocycles. The van der Waals surface area contributed by atoms with Crippen LogP contribution in [0.2, 0.25) is 0 Å². The fourth-order valence-electron chi connectivity index (χ4n) is 1.72. The average Bonchev–Trinajstić information content (AvgIpc) is 2.79. The zero-order valence-corrected chi connectivity index (χ0v) is 9.50. The monoisotopic (exact) mass is 238 g/mol. The maximum Gasteiger partial charge on any atom is 0.165 e. The smallest absolute Gasteiger partial charge is 0.165 e. The quantitative estimate of drug-likeness (QED) is 0.872. The standard InChI is InChI=1S/C13H12F2O2/c1-8-3-4-10(12(15)11(8)14)13(2,16)9-5-6-17-7-9/h3-7,16H,1-2H3. The molecule has 0 aliphatic rings. The van der Waals surface area contributed by atoms with Crippen molar-refractivity contribution in [2.45, 2.75) is 19.4 Å². The summed E-state index contributed by atoms with van der Waals surface area (Å²) in [6, 6.07) is 4.32. The van der Waals surface area contributed by atoms with Gasteiger partial charge in [0.1, 0.15) is 5.60 Å². The molecule has 2 nitrogen and oxygen atoms in total. The van der Waals surface area contributed by atoms with Crippen LogP contribution in [0.4, 0.5) is 8.78 Å². The molecule has 1 heterocycles. The van der Waals surface area contributed by atoms with Crippen LogP contribution in [-0.2, 0) is 5.60 Å². The summed E-state index contributed by atoms with van der Waals surface area (Å²) in [7, 11) is 0. The molecule has 0 aliphatic heterocycles. The van der Waals surface area contributed by atoms with Crippen molar-refractivity contribution in [3.05, 3.63) is 59.1 Å². The van der Waals surface area contributed by atoms with E-state index in [9.17, 15) is 13.9 Å². The summed E-state index contributed by atoms with van der Waals surface area (Å²) in [5.74, 6) is -1.97. The second-order valence-corrected chi connectivity index (χ2v) is 4.14. The molecular formula is C13H12F2O2. The number of benzene rings is 1. The highest BCUT2D eigenvalue weighted by Crippen LogP contribution is 2.32. The third-order valence-corrected chi connectivity index (χ3v) is 2.88. The second kappa shape index (κ2) is 3.96. The number of hydrogen-bond acceptors (Lipinski definition) is 2. The molecule has 0 spiro atoms. The Morgan fingerprint density at radius 2 is 1.88 bits per heavy atom. The van der Waals surface area contributed by atoms with Crippen LogP contribution in [0.15, 0.2) is 35.1 Å². The molecule has 0 bridgehead atoms. The Balaban J connectivity index is 2.58. The summed E-state index contributed by atoms with van der Waals surface area (Å²) < 4.78 is 32.1. The van der Waals surface area contributed by atoms with E-state index >= 15 is 0 Å². The van der Waals surface area contributed by atoms with Gasteiger partial charge in [-0.15, -0.1) is 0 Å². The molecule has 17 heavy (non-hydrogen) atoms. The normalized spacial score (nSPS) is 14.6. The lowest BCUT2D eigenvalue weighted by molar-refractivity contribution is 0.0962. The number of aliphatic hydroxyl groups is 1. The third kappa shape index (κ3) is 1.85. The van der Waals surface area contributed by atoms with E-state index in [-0.39, 0.29) is 11.1 Å². The van der Waals surface area contributed by atoms with Gasteiger partial charge in [0, 0.05) is 11.1 Å². The molecule has 1 aromatic carbocycles. The van der Waals surface area contributed by atoms with Gasteiger partial charge in [-0.1, -0.05) is 12.1 Å². The highest BCUT2D eigenvalue weighted by molar-refractivity contribution is 5.36. The van der Waals surface area contributed by atoms with Gasteiger partial charge in [0.15, 0.2) is 11.6 Å². The molecular weight excluding hydrogens is 226 g/mol. The van der Waals surface area contributed by atoms with Gasteiger partial charge in [0.05, 0.1) is 12.5 Å². The minimum atomic E-state index is -1.62. The molecule has 0 aliphatic carbocycles. The van der Waals surface area contributed by atoms with Gasteiger partial charge in [0.25, 0.3) is 0 Å². The van der Waals surface area contributed by atoms with Crippen LogP contribution in [0, 0.1) is 18.6 Å². The molecule has 0 radical (unpaired) electrons. The summed E-state index contributed by atoms with van der Waals surface area (Å²) in [6.45, 7) is 2.86. The molecule has 1 aromatic heterocycles. The topological polar surface area (TPSA) is 33.4 Å². The van der Waals surface area contributed by atoms with E-state index in [1.807, 2.05) is 0 Å². The van der Waals surface area contributed by atoms with E-state index in [0.29, 0.717) is 5.56 Å². The maximum absolute atomic E-state index is 13.8. The van der Waals surface area contributed by atoms with Crippen molar-refractivity contribution in [1.82, 2.24) is 0 Å². The highest BCUT2D eigenvalue weighted by Gasteiger charge is 2.31. The lowest BCUT2D eigenvalue weighted by atomic mass is 9.89. The Bertz CT molecular complexity index is 531. The Kier molecular flexibility index (Phi) is 2.75. The van der Waals surface area contributed by atoms with E-state index in [2.05, 4.69) is 0 Å². The first-order chi connectivity index (χ1) is 7.94. The molecule has 0 amide bonds. The van der Waals surface area contributed by atoms with Gasteiger partial charge >= 0.3 is 0 Å². The van der Waals surface area contributed by atoms with Gasteiger partial charge in [-0.2, -0.15) is 0 Å². The van der Waals surface area contributed by atoms with Gasteiger partial charge in [-0.3, -0.25) is 0 Å². The van der Waals surface area contributed by atoms with Crippen LogP contribution >= 0.6 is 0 Å². The molecule has 2 aromatic rings. The SMILES string of the molecule is Cc1ccc(C(C)(O)c2ccoc2)c(F)c1F. The largest absolute Gasteiger partial charge is 0.472 e. The third-order valence-electron chi connectivity index (χ3n) is 2.88. The van der Waals surface area contributed by atoms with Gasteiger partial charge in [-0.25, -0.2) is 8.78 Å². The molecule has 0 fully saturated rings. The maximum atomic E-state index is 13.8. The number of rotatable bonds is 2. The van der Waals surface area contributed by atoms with Crippen LogP contribution < -0.4 is 0 Å². The van der Waals surface area contributed by atoms with E-state index in [0.717, 1.165) is 0 Å². The second-order valence-electron chi connectivity index (χ2n) is 4.14. The Morgan fingerprint density at radius 3 is 2.47 bits per heavy atom. The molecule has 1 N–H and O–H groups in total. The minimum absolute atomic E-state index is 0.109. The van der Waals surface area contributed by atoms with Crippen molar-refractivity contribution in [2.24, 2.45) is 0 Å². The van der Waals surface area contributed by atoms with E-state index in [4.69, 9.17) is 4.42 Å². The van der Waals surface area contributed by atoms with Crippen LogP contribution in [0.3, 0.4) is 0 Å². The summed E-state index contributed by atoms with van der Waals surface area (Å²) in [6.07, 6.45) is 2.67. The molecule has 90 valence electrons. The zero-order chi connectivity index (χ0) is 12.6. The lowest BCUT2D eigenvalue weighted by Gasteiger charge is -2.23. The van der Waals surface area contributed by atoms with Gasteiger partial charge in [0.2, 0.25) is 0 Å². The summed E-state index contributed by atoms with van der Waals surface area (Å²) in [5, 5.41) is 10.3. The number of furan rings is 1. The molecule has 1 unspecified atom stereocenters. The average molecular weight is 238 g/mol. The van der Waals surface area contributed by atoms with Crippen LogP contribution in [0.1, 0.15) is 23.6 Å². The first kappa shape index (κ1) is 11.8. The van der Waals surface area contributed by atoms with Crippen molar-refractivity contribution in [1.29, 1.82) is 0 Å². The minimum Gasteiger partial charge on any atom is -0.472 e. The molecule has 4 heteroatoms. The summed E-state index contributed by atoms with van der Waals surface area (Å²) >= 11 is 0. The van der Waals surface area contributed by atoms with Gasteiger partial charge < -0.3 is 9.52 Å². The van der Waals surface area contributed by atoms with Crippen LogP contribution in [-0.4, -0.2) is 5.11 Å². The van der Waals surface area contributed by atoms with E-state index in [1.54, 1.807) is 0 Å². The van der Waals surface area contributed by atoms with Gasteiger partial charge in [-0.05, 0) is 25.5 Å². The van der Waals surface area contributed by atoms with Crippen LogP contribution in [0.25, 0.3) is 0 Å². The zero-order valence-electron chi connectivity index (χ0n) is 9.50. The highest BCUT2D eigenvalue weighted by atomic mass is 19.2. The van der Waals surface area contributed by atoms with Crippen molar-refractivity contribution in [2.75, 3.05) is 0 Å². The predicted molar refractivity (Wildman–Crippen MR) is 58.5 cm³/mol. The summed E-state index contributed by atoms with van der Waals surface area (Å²) in [4.78, 5) is 0. The summed E-state index contributed by atoms with van der Waals surface area (Å²) in [5.41, 5.74) is -1.15. The van der Waals surface area contributed by atoms with Crippen molar-refractivity contribution >= 4 is 0 Å². The number of hydrogen-bond donors (Lipinski definition) is 1. The first-order valence-corrected chi connectivity index (χ1v) is 5.14. The molecule has 0 saturated heterocycles. The number of aryl methyl sites for hydroxylation is 1. The molecule has 2 rings (SSSR count). The van der Waals surface area contributed by atoms with E-state index in [1.165, 1.54) is 44.6 Å². The Morgan fingerprint density at radius 1 is 1.18 bits per heavy atom. The van der Waals surface area contributed by atoms with Crippen molar-refractivity contribution in [3.8, 4) is 0 Å². The van der Waals surface area contributed by atoms with E-state index < -0.39 is 17.2 Å². The van der Waals surface area contributed by atoms with Crippen molar-refractivity contribution in [3.63, 3.8) is 0 Å².